The summed E-state index contributed by atoms with van der Waals surface area (Å²) < 4.78 is 5.27. The van der Waals surface area contributed by atoms with E-state index in [-0.39, 0.29) is 5.41 Å². The highest BCUT2D eigenvalue weighted by atomic mass is 16.5. The average Bonchev–Trinajstić information content (AvgIpc) is 2.83. The Morgan fingerprint density at radius 2 is 1.94 bits per heavy atom. The van der Waals surface area contributed by atoms with Crippen LogP contribution in [0.15, 0.2) is 41.1 Å². The lowest BCUT2D eigenvalue weighted by atomic mass is 9.81. The second-order valence-electron chi connectivity index (χ2n) is 4.30. The van der Waals surface area contributed by atoms with Gasteiger partial charge in [-0.2, -0.15) is 0 Å². The fraction of sp³-hybridized carbons (Fsp3) is 0.308. The third-order valence-electron chi connectivity index (χ3n) is 2.92. The van der Waals surface area contributed by atoms with Gasteiger partial charge >= 0.3 is 0 Å². The minimum Gasteiger partial charge on any atom is -0.388 e. The van der Waals surface area contributed by atoms with E-state index in [4.69, 9.17) is 4.52 Å². The van der Waals surface area contributed by atoms with Crippen LogP contribution in [0.25, 0.3) is 0 Å². The van der Waals surface area contributed by atoms with Crippen molar-refractivity contribution in [3.8, 4) is 0 Å². The van der Waals surface area contributed by atoms with Crippen molar-refractivity contribution in [3.63, 3.8) is 0 Å². The summed E-state index contributed by atoms with van der Waals surface area (Å²) in [5, 5.41) is 6.98. The van der Waals surface area contributed by atoms with Gasteiger partial charge in [-0.3, -0.25) is 0 Å². The maximum absolute atomic E-state index is 5.27. The lowest BCUT2D eigenvalue weighted by Crippen LogP contribution is -2.19. The SMILES string of the molecule is CNc1ccccc1C(C)(C)c1ccno1. The molecule has 0 amide bonds. The quantitative estimate of drug-likeness (QED) is 0.857. The van der Waals surface area contributed by atoms with E-state index in [9.17, 15) is 0 Å². The molecule has 16 heavy (non-hydrogen) atoms. The Balaban J connectivity index is 2.51. The Labute approximate surface area is 95.5 Å². The molecule has 0 fully saturated rings. The summed E-state index contributed by atoms with van der Waals surface area (Å²) in [6, 6.07) is 10.1. The Morgan fingerprint density at radius 1 is 1.19 bits per heavy atom. The van der Waals surface area contributed by atoms with Crippen LogP contribution >= 0.6 is 0 Å². The van der Waals surface area contributed by atoms with Gasteiger partial charge in [-0.1, -0.05) is 23.4 Å². The van der Waals surface area contributed by atoms with Gasteiger partial charge in [0.05, 0.1) is 11.6 Å². The van der Waals surface area contributed by atoms with Crippen molar-refractivity contribution in [3.05, 3.63) is 47.9 Å². The minimum atomic E-state index is -0.184. The third kappa shape index (κ3) is 1.69. The van der Waals surface area contributed by atoms with Crippen LogP contribution in [0.2, 0.25) is 0 Å². The van der Waals surface area contributed by atoms with E-state index in [0.29, 0.717) is 0 Å². The second-order valence-corrected chi connectivity index (χ2v) is 4.30. The standard InChI is InChI=1S/C13H16N2O/c1-13(2,12-8-9-15-16-12)10-6-4-5-7-11(10)14-3/h4-9,14H,1-3H3. The molecule has 0 aliphatic rings. The number of hydrogen-bond donors (Lipinski definition) is 1. The van der Waals surface area contributed by atoms with Crippen molar-refractivity contribution >= 4 is 5.69 Å². The van der Waals surface area contributed by atoms with Crippen LogP contribution in [0.5, 0.6) is 0 Å². The second kappa shape index (κ2) is 4.00. The molecule has 0 aliphatic heterocycles. The largest absolute Gasteiger partial charge is 0.388 e. The highest BCUT2D eigenvalue weighted by Gasteiger charge is 2.28. The molecule has 0 aliphatic carbocycles. The predicted molar refractivity (Wildman–Crippen MR) is 64.6 cm³/mol. The number of rotatable bonds is 3. The number of hydrogen-bond acceptors (Lipinski definition) is 3. The number of benzene rings is 1. The molecule has 0 radical (unpaired) electrons. The Hall–Kier alpha value is -1.77. The highest BCUT2D eigenvalue weighted by Crippen LogP contribution is 2.35. The first-order valence-corrected chi connectivity index (χ1v) is 5.34. The molecule has 1 N–H and O–H groups in total. The summed E-state index contributed by atoms with van der Waals surface area (Å²) in [6.45, 7) is 4.26. The van der Waals surface area contributed by atoms with Crippen molar-refractivity contribution in [1.29, 1.82) is 0 Å². The molecule has 0 atom stereocenters. The average molecular weight is 216 g/mol. The van der Waals surface area contributed by atoms with Crippen LogP contribution in [0.4, 0.5) is 5.69 Å². The van der Waals surface area contributed by atoms with Crippen LogP contribution in [-0.4, -0.2) is 12.2 Å². The van der Waals surface area contributed by atoms with E-state index >= 15 is 0 Å². The van der Waals surface area contributed by atoms with Crippen molar-refractivity contribution in [2.75, 3.05) is 12.4 Å². The van der Waals surface area contributed by atoms with E-state index < -0.39 is 0 Å². The lowest BCUT2D eigenvalue weighted by Gasteiger charge is -2.24. The molecule has 0 saturated carbocycles. The molecule has 1 aromatic carbocycles. The van der Waals surface area contributed by atoms with Gasteiger partial charge in [-0.15, -0.1) is 0 Å². The molecule has 2 aromatic rings. The fourth-order valence-corrected chi connectivity index (χ4v) is 1.92. The van der Waals surface area contributed by atoms with Crippen molar-refractivity contribution in [1.82, 2.24) is 5.16 Å². The van der Waals surface area contributed by atoms with Gasteiger partial charge in [0, 0.05) is 18.8 Å². The van der Waals surface area contributed by atoms with Gasteiger partial charge < -0.3 is 9.84 Å². The van der Waals surface area contributed by atoms with Crippen LogP contribution < -0.4 is 5.32 Å². The van der Waals surface area contributed by atoms with Gasteiger partial charge in [0.25, 0.3) is 0 Å². The molecule has 1 aromatic heterocycles. The normalized spacial score (nSPS) is 11.4. The first-order valence-electron chi connectivity index (χ1n) is 5.34. The zero-order valence-corrected chi connectivity index (χ0v) is 9.82. The predicted octanol–water partition coefficient (Wildman–Crippen LogP) is 3.04. The molecule has 0 unspecified atom stereocenters. The smallest absolute Gasteiger partial charge is 0.146 e. The number of aromatic nitrogens is 1. The molecule has 0 bridgehead atoms. The maximum atomic E-state index is 5.27. The van der Waals surface area contributed by atoms with E-state index in [0.717, 1.165) is 11.4 Å². The van der Waals surface area contributed by atoms with Crippen molar-refractivity contribution < 1.29 is 4.52 Å². The van der Waals surface area contributed by atoms with Crippen LogP contribution in [0.3, 0.4) is 0 Å². The Bertz CT molecular complexity index is 461. The van der Waals surface area contributed by atoms with E-state index in [2.05, 4.69) is 36.5 Å². The molecule has 84 valence electrons. The molecule has 0 spiro atoms. The molecule has 3 heteroatoms. The number of nitrogens with one attached hydrogen (secondary N) is 1. The van der Waals surface area contributed by atoms with E-state index in [1.54, 1.807) is 6.20 Å². The minimum absolute atomic E-state index is 0.184. The van der Waals surface area contributed by atoms with Gasteiger partial charge in [0.15, 0.2) is 0 Å². The third-order valence-corrected chi connectivity index (χ3v) is 2.92. The van der Waals surface area contributed by atoms with E-state index in [1.165, 1.54) is 5.56 Å². The summed E-state index contributed by atoms with van der Waals surface area (Å²) in [5.41, 5.74) is 2.13. The van der Waals surface area contributed by atoms with Gasteiger partial charge in [0.2, 0.25) is 0 Å². The summed E-state index contributed by atoms with van der Waals surface area (Å²) >= 11 is 0. The lowest BCUT2D eigenvalue weighted by molar-refractivity contribution is 0.341. The zero-order chi connectivity index (χ0) is 11.6. The molecular weight excluding hydrogens is 200 g/mol. The topological polar surface area (TPSA) is 38.1 Å². The number of para-hydroxylation sites is 1. The van der Waals surface area contributed by atoms with Crippen molar-refractivity contribution in [2.24, 2.45) is 0 Å². The van der Waals surface area contributed by atoms with Crippen LogP contribution in [0.1, 0.15) is 25.2 Å². The summed E-state index contributed by atoms with van der Waals surface area (Å²) in [4.78, 5) is 0. The Kier molecular flexibility index (Phi) is 2.69. The molecule has 0 saturated heterocycles. The maximum Gasteiger partial charge on any atom is 0.146 e. The number of anilines is 1. The fourth-order valence-electron chi connectivity index (χ4n) is 1.92. The Morgan fingerprint density at radius 3 is 2.56 bits per heavy atom. The van der Waals surface area contributed by atoms with Gasteiger partial charge in [-0.25, -0.2) is 0 Å². The zero-order valence-electron chi connectivity index (χ0n) is 9.82. The monoisotopic (exact) mass is 216 g/mol. The first kappa shape index (κ1) is 10.7. The number of nitrogens with zero attached hydrogens (tertiary/aromatic N) is 1. The van der Waals surface area contributed by atoms with Gasteiger partial charge in [0.1, 0.15) is 5.76 Å². The first-order chi connectivity index (χ1) is 7.66. The summed E-state index contributed by atoms with van der Waals surface area (Å²) in [6.07, 6.45) is 1.68. The van der Waals surface area contributed by atoms with Gasteiger partial charge in [-0.05, 0) is 25.5 Å². The summed E-state index contributed by atoms with van der Waals surface area (Å²) in [5.74, 6) is 0.871. The van der Waals surface area contributed by atoms with Crippen LogP contribution in [-0.2, 0) is 5.41 Å². The molecule has 1 heterocycles. The van der Waals surface area contributed by atoms with Crippen molar-refractivity contribution in [2.45, 2.75) is 19.3 Å². The molecular formula is C13H16N2O. The van der Waals surface area contributed by atoms with E-state index in [1.807, 2.05) is 25.2 Å². The molecule has 3 nitrogen and oxygen atoms in total. The molecule has 2 rings (SSSR count). The van der Waals surface area contributed by atoms with Crippen LogP contribution in [0, 0.1) is 0 Å². The highest BCUT2D eigenvalue weighted by molar-refractivity contribution is 5.55. The summed E-state index contributed by atoms with van der Waals surface area (Å²) in [7, 11) is 1.93.